The zero-order valence-electron chi connectivity index (χ0n) is 11.9. The molecule has 0 aliphatic rings. The van der Waals surface area contributed by atoms with Crippen molar-refractivity contribution < 1.29 is 14.4 Å². The first-order valence-corrected chi connectivity index (χ1v) is 6.70. The molecule has 0 atom stereocenters. The van der Waals surface area contributed by atoms with Crippen molar-refractivity contribution in [3.63, 3.8) is 0 Å². The minimum Gasteiger partial charge on any atom is -0.356 e. The molecule has 2 N–H and O–H groups in total. The van der Waals surface area contributed by atoms with Gasteiger partial charge in [-0.1, -0.05) is 25.5 Å². The third-order valence-electron chi connectivity index (χ3n) is 2.73. The van der Waals surface area contributed by atoms with Crippen LogP contribution in [0.3, 0.4) is 0 Å². The number of nitrogens with one attached hydrogen (secondary N) is 2. The Morgan fingerprint density at radius 2 is 1.90 bits per heavy atom. The summed E-state index contributed by atoms with van der Waals surface area (Å²) in [5.74, 6) is -0.753. The minimum atomic E-state index is -0.389. The Labute approximate surface area is 118 Å². The molecule has 2 amide bonds. The van der Waals surface area contributed by atoms with Crippen LogP contribution in [0, 0.1) is 0 Å². The first kappa shape index (κ1) is 15.9. The van der Waals surface area contributed by atoms with Gasteiger partial charge in [-0.25, -0.2) is 0 Å². The Hall–Kier alpha value is -2.17. The molecule has 0 spiro atoms. The van der Waals surface area contributed by atoms with Gasteiger partial charge in [-0.2, -0.15) is 0 Å². The largest absolute Gasteiger partial charge is 0.356 e. The highest BCUT2D eigenvalue weighted by Crippen LogP contribution is 2.11. The van der Waals surface area contributed by atoms with Crippen molar-refractivity contribution in [1.29, 1.82) is 0 Å². The molecule has 0 fully saturated rings. The van der Waals surface area contributed by atoms with Crippen LogP contribution >= 0.6 is 0 Å². The zero-order chi connectivity index (χ0) is 15.0. The maximum absolute atomic E-state index is 11.7. The normalized spacial score (nSPS) is 9.90. The van der Waals surface area contributed by atoms with E-state index in [1.165, 1.54) is 6.92 Å². The minimum absolute atomic E-state index is 0.0709. The molecule has 1 aromatic carbocycles. The summed E-state index contributed by atoms with van der Waals surface area (Å²) in [4.78, 5) is 34.4. The van der Waals surface area contributed by atoms with Gasteiger partial charge >= 0.3 is 0 Å². The van der Waals surface area contributed by atoms with Crippen molar-refractivity contribution in [1.82, 2.24) is 5.32 Å². The smallest absolute Gasteiger partial charge is 0.233 e. The Morgan fingerprint density at radius 1 is 1.15 bits per heavy atom. The van der Waals surface area contributed by atoms with Crippen LogP contribution < -0.4 is 10.6 Å². The number of anilines is 1. The molecule has 0 heterocycles. The molecule has 0 saturated carbocycles. The van der Waals surface area contributed by atoms with E-state index in [2.05, 4.69) is 10.6 Å². The molecule has 1 aromatic rings. The second-order valence-electron chi connectivity index (χ2n) is 4.57. The van der Waals surface area contributed by atoms with Crippen LogP contribution in [0.25, 0.3) is 0 Å². The van der Waals surface area contributed by atoms with Crippen molar-refractivity contribution in [2.45, 2.75) is 33.1 Å². The van der Waals surface area contributed by atoms with Crippen LogP contribution in [0.15, 0.2) is 24.3 Å². The van der Waals surface area contributed by atoms with E-state index in [0.29, 0.717) is 17.8 Å². The van der Waals surface area contributed by atoms with Crippen molar-refractivity contribution in [3.05, 3.63) is 29.8 Å². The first-order valence-electron chi connectivity index (χ1n) is 6.70. The van der Waals surface area contributed by atoms with Gasteiger partial charge in [0.25, 0.3) is 0 Å². The summed E-state index contributed by atoms with van der Waals surface area (Å²) in [6, 6.07) is 6.64. The highest BCUT2D eigenvalue weighted by Gasteiger charge is 2.09. The number of Topliss-reactive ketones (excluding diaryl/α,β-unsaturated/α-hetero) is 1. The molecule has 0 bridgehead atoms. The van der Waals surface area contributed by atoms with E-state index in [1.807, 2.05) is 6.92 Å². The van der Waals surface area contributed by atoms with Crippen LogP contribution in [0.4, 0.5) is 5.69 Å². The van der Waals surface area contributed by atoms with Crippen molar-refractivity contribution in [3.8, 4) is 0 Å². The Balaban J connectivity index is 2.48. The highest BCUT2D eigenvalue weighted by molar-refractivity contribution is 6.04. The second kappa shape index (κ2) is 8.09. The average molecular weight is 276 g/mol. The van der Waals surface area contributed by atoms with Crippen molar-refractivity contribution in [2.75, 3.05) is 11.9 Å². The Bertz CT molecular complexity index is 498. The summed E-state index contributed by atoms with van der Waals surface area (Å²) >= 11 is 0. The molecule has 5 nitrogen and oxygen atoms in total. The number of carbonyl (C=O) groups excluding carboxylic acids is 3. The Morgan fingerprint density at radius 3 is 2.55 bits per heavy atom. The van der Waals surface area contributed by atoms with Gasteiger partial charge in [0.2, 0.25) is 11.8 Å². The molecule has 1 rings (SSSR count). The van der Waals surface area contributed by atoms with Crippen molar-refractivity contribution >= 4 is 23.3 Å². The lowest BCUT2D eigenvalue weighted by Gasteiger charge is -2.07. The number of ketones is 1. The summed E-state index contributed by atoms with van der Waals surface area (Å²) in [6.07, 6.45) is 1.67. The van der Waals surface area contributed by atoms with Gasteiger partial charge in [-0.05, 0) is 25.5 Å². The molecule has 0 saturated heterocycles. The summed E-state index contributed by atoms with van der Waals surface area (Å²) in [7, 11) is 0. The lowest BCUT2D eigenvalue weighted by molar-refractivity contribution is -0.126. The average Bonchev–Trinajstić information content (AvgIpc) is 2.39. The summed E-state index contributed by atoms with van der Waals surface area (Å²) in [5.41, 5.74) is 1.04. The third-order valence-corrected chi connectivity index (χ3v) is 2.73. The molecule has 0 radical (unpaired) electrons. The van der Waals surface area contributed by atoms with E-state index in [0.717, 1.165) is 12.8 Å². The molecule has 108 valence electrons. The summed E-state index contributed by atoms with van der Waals surface area (Å²) in [5, 5.41) is 5.28. The fourth-order valence-corrected chi connectivity index (χ4v) is 1.63. The number of carbonyl (C=O) groups is 3. The van der Waals surface area contributed by atoms with Gasteiger partial charge < -0.3 is 10.6 Å². The molecule has 5 heteroatoms. The summed E-state index contributed by atoms with van der Waals surface area (Å²) in [6.45, 7) is 4.07. The van der Waals surface area contributed by atoms with Crippen LogP contribution in [0.5, 0.6) is 0 Å². The van der Waals surface area contributed by atoms with Gasteiger partial charge in [-0.3, -0.25) is 14.4 Å². The van der Waals surface area contributed by atoms with Gasteiger partial charge in [0.05, 0.1) is 0 Å². The fraction of sp³-hybridized carbons (Fsp3) is 0.400. The third kappa shape index (κ3) is 5.65. The summed E-state index contributed by atoms with van der Waals surface area (Å²) < 4.78 is 0. The molecule has 0 aliphatic heterocycles. The number of rotatable bonds is 7. The van der Waals surface area contributed by atoms with Gasteiger partial charge in [0, 0.05) is 17.8 Å². The number of hydrogen-bond acceptors (Lipinski definition) is 3. The van der Waals surface area contributed by atoms with Crippen molar-refractivity contribution in [2.24, 2.45) is 0 Å². The van der Waals surface area contributed by atoms with Gasteiger partial charge in [-0.15, -0.1) is 0 Å². The van der Waals surface area contributed by atoms with Crippen LogP contribution in [-0.4, -0.2) is 24.1 Å². The standard InChI is InChI=1S/C15H20N2O3/c1-3-4-8-16-14(19)10-15(20)17-13-7-5-6-12(9-13)11(2)18/h5-7,9H,3-4,8,10H2,1-2H3,(H,16,19)(H,17,20). The lowest BCUT2D eigenvalue weighted by Crippen LogP contribution is -2.28. The molecule has 0 unspecified atom stereocenters. The van der Waals surface area contributed by atoms with E-state index >= 15 is 0 Å². The fourth-order valence-electron chi connectivity index (χ4n) is 1.63. The molecule has 0 aromatic heterocycles. The van der Waals surface area contributed by atoms with E-state index in [9.17, 15) is 14.4 Å². The maximum Gasteiger partial charge on any atom is 0.233 e. The van der Waals surface area contributed by atoms with Crippen LogP contribution in [-0.2, 0) is 9.59 Å². The molecule has 0 aliphatic carbocycles. The maximum atomic E-state index is 11.7. The predicted octanol–water partition coefficient (Wildman–Crippen LogP) is 2.13. The molecular formula is C15H20N2O3. The second-order valence-corrected chi connectivity index (χ2v) is 4.57. The zero-order valence-corrected chi connectivity index (χ0v) is 11.9. The number of benzene rings is 1. The van der Waals surface area contributed by atoms with E-state index in [4.69, 9.17) is 0 Å². The predicted molar refractivity (Wildman–Crippen MR) is 77.6 cm³/mol. The van der Waals surface area contributed by atoms with Crippen LogP contribution in [0.1, 0.15) is 43.5 Å². The quantitative estimate of drug-likeness (QED) is 0.455. The van der Waals surface area contributed by atoms with E-state index in [-0.39, 0.29) is 24.0 Å². The van der Waals surface area contributed by atoms with E-state index < -0.39 is 0 Å². The monoisotopic (exact) mass is 276 g/mol. The highest BCUT2D eigenvalue weighted by atomic mass is 16.2. The topological polar surface area (TPSA) is 75.3 Å². The number of unbranched alkanes of at least 4 members (excludes halogenated alkanes) is 1. The van der Waals surface area contributed by atoms with Gasteiger partial charge in [0.15, 0.2) is 5.78 Å². The Kier molecular flexibility index (Phi) is 6.43. The number of hydrogen-bond donors (Lipinski definition) is 2. The SMILES string of the molecule is CCCCNC(=O)CC(=O)Nc1cccc(C(C)=O)c1. The molecule has 20 heavy (non-hydrogen) atoms. The van der Waals surface area contributed by atoms with E-state index in [1.54, 1.807) is 24.3 Å². The van der Waals surface area contributed by atoms with Gasteiger partial charge in [0.1, 0.15) is 6.42 Å². The lowest BCUT2D eigenvalue weighted by atomic mass is 10.1. The molecular weight excluding hydrogens is 256 g/mol. The van der Waals surface area contributed by atoms with Crippen LogP contribution in [0.2, 0.25) is 0 Å². The number of amides is 2. The first-order chi connectivity index (χ1) is 9.52.